The molecule has 1 fully saturated rings. The van der Waals surface area contributed by atoms with E-state index in [2.05, 4.69) is 5.32 Å². The molecule has 0 bridgehead atoms. The molecule has 0 radical (unpaired) electrons. The molecule has 3 N–H and O–H groups in total. The Morgan fingerprint density at radius 2 is 1.95 bits per heavy atom. The maximum atomic E-state index is 12.4. The molecule has 98 valence electrons. The molecule has 0 saturated carbocycles. The lowest BCUT2D eigenvalue weighted by Crippen LogP contribution is -2.44. The van der Waals surface area contributed by atoms with Crippen LogP contribution in [-0.2, 0) is 16.0 Å². The zero-order valence-electron chi connectivity index (χ0n) is 10.3. The van der Waals surface area contributed by atoms with E-state index < -0.39 is 5.92 Å². The Morgan fingerprint density at radius 3 is 2.68 bits per heavy atom. The Kier molecular flexibility index (Phi) is 2.62. The van der Waals surface area contributed by atoms with Crippen molar-refractivity contribution in [2.45, 2.75) is 19.3 Å². The van der Waals surface area contributed by atoms with E-state index >= 15 is 0 Å². The molecule has 1 aliphatic heterocycles. The van der Waals surface area contributed by atoms with Crippen LogP contribution in [-0.4, -0.2) is 17.6 Å². The number of ketones is 1. The van der Waals surface area contributed by atoms with E-state index in [1.807, 2.05) is 6.07 Å². The van der Waals surface area contributed by atoms with Crippen LogP contribution in [0.1, 0.15) is 28.8 Å². The average Bonchev–Trinajstić information content (AvgIpc) is 2.67. The molecule has 2 atom stereocenters. The number of rotatable bonds is 1. The predicted molar refractivity (Wildman–Crippen MR) is 68.3 cm³/mol. The Labute approximate surface area is 110 Å². The van der Waals surface area contributed by atoms with Crippen molar-refractivity contribution in [1.82, 2.24) is 5.32 Å². The van der Waals surface area contributed by atoms with Crippen molar-refractivity contribution in [3.63, 3.8) is 0 Å². The summed E-state index contributed by atoms with van der Waals surface area (Å²) in [4.78, 5) is 35.3. The quantitative estimate of drug-likeness (QED) is 0.572. The molecular formula is C14H14N2O3. The van der Waals surface area contributed by atoms with Crippen LogP contribution in [0.4, 0.5) is 5.69 Å². The Hall–Kier alpha value is -2.17. The highest BCUT2D eigenvalue weighted by molar-refractivity contribution is 6.07. The number of Topliss-reactive ketones (excluding diaryl/α,β-unsaturated/α-hetero) is 1. The zero-order chi connectivity index (χ0) is 13.6. The van der Waals surface area contributed by atoms with Gasteiger partial charge in [0.2, 0.25) is 11.8 Å². The largest absolute Gasteiger partial charge is 0.399 e. The summed E-state index contributed by atoms with van der Waals surface area (Å²) in [5.41, 5.74) is 7.80. The highest BCUT2D eigenvalue weighted by Crippen LogP contribution is 2.35. The summed E-state index contributed by atoms with van der Waals surface area (Å²) in [7, 11) is 0. The summed E-state index contributed by atoms with van der Waals surface area (Å²) in [6.07, 6.45) is 1.31. The number of imide groups is 1. The van der Waals surface area contributed by atoms with Crippen molar-refractivity contribution in [1.29, 1.82) is 0 Å². The fourth-order valence-electron chi connectivity index (χ4n) is 2.95. The minimum absolute atomic E-state index is 0.0307. The first-order valence-electron chi connectivity index (χ1n) is 6.32. The molecule has 5 heteroatoms. The molecule has 19 heavy (non-hydrogen) atoms. The lowest BCUT2D eigenvalue weighted by Gasteiger charge is -2.24. The third-order valence-electron chi connectivity index (χ3n) is 3.94. The van der Waals surface area contributed by atoms with Gasteiger partial charge in [-0.25, -0.2) is 0 Å². The van der Waals surface area contributed by atoms with Gasteiger partial charge in [-0.1, -0.05) is 6.07 Å². The number of benzene rings is 1. The molecule has 2 amide bonds. The van der Waals surface area contributed by atoms with Gasteiger partial charge in [-0.05, 0) is 30.5 Å². The fraction of sp³-hybridized carbons (Fsp3) is 0.357. The number of nitrogen functional groups attached to an aromatic ring is 1. The maximum absolute atomic E-state index is 12.4. The molecule has 0 aromatic heterocycles. The smallest absolute Gasteiger partial charge is 0.230 e. The third kappa shape index (κ3) is 1.91. The van der Waals surface area contributed by atoms with E-state index in [0.717, 1.165) is 5.56 Å². The van der Waals surface area contributed by atoms with Crippen molar-refractivity contribution in [2.24, 2.45) is 11.8 Å². The third-order valence-corrected chi connectivity index (χ3v) is 3.94. The molecule has 3 rings (SSSR count). The van der Waals surface area contributed by atoms with Gasteiger partial charge < -0.3 is 5.73 Å². The molecule has 2 aliphatic rings. The topological polar surface area (TPSA) is 89.3 Å². The Morgan fingerprint density at radius 1 is 1.16 bits per heavy atom. The number of fused-ring (bicyclic) bond motifs is 1. The number of nitrogens with one attached hydrogen (secondary N) is 1. The standard InChI is InChI=1S/C14H14N2O3/c15-8-2-1-7-5-11(13(18)10(7)6-8)9-3-4-12(17)16-14(9)19/h1-2,6,9,11H,3-5,15H2,(H,16,17,19). The van der Waals surface area contributed by atoms with Crippen LogP contribution in [0, 0.1) is 11.8 Å². The molecule has 1 aromatic rings. The van der Waals surface area contributed by atoms with Crippen molar-refractivity contribution in [2.75, 3.05) is 5.73 Å². The molecule has 5 nitrogen and oxygen atoms in total. The lowest BCUT2D eigenvalue weighted by molar-refractivity contribution is -0.137. The first-order valence-corrected chi connectivity index (χ1v) is 6.32. The van der Waals surface area contributed by atoms with Crippen molar-refractivity contribution < 1.29 is 14.4 Å². The summed E-state index contributed by atoms with van der Waals surface area (Å²) < 4.78 is 0. The second-order valence-corrected chi connectivity index (χ2v) is 5.15. The van der Waals surface area contributed by atoms with E-state index in [4.69, 9.17) is 5.73 Å². The number of piperidine rings is 1. The minimum atomic E-state index is -0.404. The van der Waals surface area contributed by atoms with Crippen LogP contribution in [0.2, 0.25) is 0 Å². The van der Waals surface area contributed by atoms with Gasteiger partial charge in [0.25, 0.3) is 0 Å². The summed E-state index contributed by atoms with van der Waals surface area (Å²) in [5.74, 6) is -1.37. The predicted octanol–water partition coefficient (Wildman–Crippen LogP) is 0.677. The summed E-state index contributed by atoms with van der Waals surface area (Å²) >= 11 is 0. The lowest BCUT2D eigenvalue weighted by atomic mass is 9.83. The number of anilines is 1. The van der Waals surface area contributed by atoms with Crippen molar-refractivity contribution in [3.05, 3.63) is 29.3 Å². The summed E-state index contributed by atoms with van der Waals surface area (Å²) in [6.45, 7) is 0. The van der Waals surface area contributed by atoms with Crippen LogP contribution in [0.5, 0.6) is 0 Å². The molecule has 1 saturated heterocycles. The van der Waals surface area contributed by atoms with Crippen LogP contribution in [0.15, 0.2) is 18.2 Å². The molecule has 0 spiro atoms. The van der Waals surface area contributed by atoms with Gasteiger partial charge in [0.05, 0.1) is 0 Å². The molecule has 1 heterocycles. The number of hydrogen-bond acceptors (Lipinski definition) is 4. The van der Waals surface area contributed by atoms with E-state index in [1.54, 1.807) is 12.1 Å². The number of amides is 2. The van der Waals surface area contributed by atoms with E-state index in [1.165, 1.54) is 0 Å². The highest BCUT2D eigenvalue weighted by Gasteiger charge is 2.41. The van der Waals surface area contributed by atoms with Crippen LogP contribution < -0.4 is 11.1 Å². The molecule has 1 aromatic carbocycles. The normalized spacial score (nSPS) is 26.2. The van der Waals surface area contributed by atoms with Crippen LogP contribution >= 0.6 is 0 Å². The first kappa shape index (κ1) is 11.9. The molecular weight excluding hydrogens is 244 g/mol. The second kappa shape index (κ2) is 4.19. The maximum Gasteiger partial charge on any atom is 0.230 e. The van der Waals surface area contributed by atoms with Crippen LogP contribution in [0.3, 0.4) is 0 Å². The van der Waals surface area contributed by atoms with Gasteiger partial charge in [-0.3, -0.25) is 19.7 Å². The van der Waals surface area contributed by atoms with Gasteiger partial charge in [0.15, 0.2) is 5.78 Å². The SMILES string of the molecule is Nc1ccc2c(c1)C(=O)C(C1CCC(=O)NC1=O)C2. The number of carbonyl (C=O) groups excluding carboxylic acids is 3. The second-order valence-electron chi connectivity index (χ2n) is 5.15. The Balaban J connectivity index is 1.88. The van der Waals surface area contributed by atoms with E-state index in [-0.39, 0.29) is 23.5 Å². The van der Waals surface area contributed by atoms with Crippen molar-refractivity contribution >= 4 is 23.3 Å². The Bertz CT molecular complexity index is 594. The number of nitrogens with two attached hydrogens (primary N) is 1. The van der Waals surface area contributed by atoms with E-state index in [9.17, 15) is 14.4 Å². The van der Waals surface area contributed by atoms with Crippen molar-refractivity contribution in [3.8, 4) is 0 Å². The monoisotopic (exact) mass is 258 g/mol. The zero-order valence-corrected chi connectivity index (χ0v) is 10.3. The summed E-state index contributed by atoms with van der Waals surface area (Å²) in [6, 6.07) is 5.27. The average molecular weight is 258 g/mol. The first-order chi connectivity index (χ1) is 9.06. The molecule has 2 unspecified atom stereocenters. The van der Waals surface area contributed by atoms with Gasteiger partial charge in [0, 0.05) is 29.5 Å². The highest BCUT2D eigenvalue weighted by atomic mass is 16.2. The van der Waals surface area contributed by atoms with Gasteiger partial charge in [-0.15, -0.1) is 0 Å². The van der Waals surface area contributed by atoms with Crippen LogP contribution in [0.25, 0.3) is 0 Å². The van der Waals surface area contributed by atoms with E-state index in [0.29, 0.717) is 30.5 Å². The summed E-state index contributed by atoms with van der Waals surface area (Å²) in [5, 5.41) is 2.31. The number of hydrogen-bond donors (Lipinski definition) is 2. The fourth-order valence-corrected chi connectivity index (χ4v) is 2.95. The minimum Gasteiger partial charge on any atom is -0.399 e. The van der Waals surface area contributed by atoms with Gasteiger partial charge in [0.1, 0.15) is 0 Å². The number of carbonyl (C=O) groups is 3. The van der Waals surface area contributed by atoms with Gasteiger partial charge >= 0.3 is 0 Å². The van der Waals surface area contributed by atoms with Gasteiger partial charge in [-0.2, -0.15) is 0 Å². The molecule has 1 aliphatic carbocycles.